The molecule has 136 valence electrons. The Labute approximate surface area is 167 Å². The molecular weight excluding hydrogens is 400 g/mol. The molecule has 2 aromatic carbocycles. The van der Waals surface area contributed by atoms with Gasteiger partial charge in [0.1, 0.15) is 5.75 Å². The van der Waals surface area contributed by atoms with Gasteiger partial charge in [0.05, 0.1) is 21.5 Å². The lowest BCUT2D eigenvalue weighted by atomic mass is 10.2. The number of phenolic OH excluding ortho intramolecular Hbond substituents is 1. The monoisotopic (exact) mass is 414 g/mol. The third kappa shape index (κ3) is 3.95. The van der Waals surface area contributed by atoms with E-state index in [-0.39, 0.29) is 17.4 Å². The molecule has 4 rings (SSSR count). The van der Waals surface area contributed by atoms with Crippen LogP contribution in [0.15, 0.2) is 46.8 Å². The molecule has 2 aromatic heterocycles. The molecule has 0 spiro atoms. The van der Waals surface area contributed by atoms with Crippen LogP contribution in [0.25, 0.3) is 20.8 Å². The molecular formula is C18H14N4O2S3. The van der Waals surface area contributed by atoms with Gasteiger partial charge in [0.15, 0.2) is 14.5 Å². The smallest absolute Gasteiger partial charge is 0.236 e. The number of aromatic hydroxyl groups is 1. The molecule has 6 nitrogen and oxygen atoms in total. The first-order chi connectivity index (χ1) is 13.1. The van der Waals surface area contributed by atoms with Gasteiger partial charge in [-0.25, -0.2) is 4.98 Å². The molecule has 0 aliphatic rings. The lowest BCUT2D eigenvalue weighted by Gasteiger charge is -1.99. The van der Waals surface area contributed by atoms with Crippen molar-refractivity contribution in [3.63, 3.8) is 0 Å². The van der Waals surface area contributed by atoms with Gasteiger partial charge < -0.3 is 10.4 Å². The van der Waals surface area contributed by atoms with Crippen molar-refractivity contribution in [1.29, 1.82) is 0 Å². The lowest BCUT2D eigenvalue weighted by Crippen LogP contribution is -2.13. The van der Waals surface area contributed by atoms with Gasteiger partial charge in [-0.05, 0) is 30.7 Å². The minimum Gasteiger partial charge on any atom is -0.507 e. The fraction of sp³-hybridized carbons (Fsp3) is 0.111. The molecule has 0 aliphatic heterocycles. The first-order valence-electron chi connectivity index (χ1n) is 8.01. The molecule has 0 radical (unpaired) electrons. The van der Waals surface area contributed by atoms with Gasteiger partial charge in [-0.15, -0.1) is 10.2 Å². The van der Waals surface area contributed by atoms with E-state index in [1.807, 2.05) is 31.2 Å². The van der Waals surface area contributed by atoms with Crippen LogP contribution in [0.2, 0.25) is 0 Å². The van der Waals surface area contributed by atoms with Gasteiger partial charge in [-0.2, -0.15) is 0 Å². The topological polar surface area (TPSA) is 88.0 Å². The number of hydrogen-bond acceptors (Lipinski definition) is 8. The van der Waals surface area contributed by atoms with Crippen LogP contribution in [0.1, 0.15) is 5.56 Å². The highest BCUT2D eigenvalue weighted by Crippen LogP contribution is 2.34. The fourth-order valence-electron chi connectivity index (χ4n) is 2.45. The van der Waals surface area contributed by atoms with Gasteiger partial charge in [0.25, 0.3) is 0 Å². The Morgan fingerprint density at radius 2 is 2.00 bits per heavy atom. The maximum absolute atomic E-state index is 12.2. The van der Waals surface area contributed by atoms with Crippen LogP contribution in [-0.2, 0) is 4.79 Å². The van der Waals surface area contributed by atoms with Gasteiger partial charge in [0.2, 0.25) is 5.91 Å². The van der Waals surface area contributed by atoms with Crippen molar-refractivity contribution < 1.29 is 9.90 Å². The van der Waals surface area contributed by atoms with Gasteiger partial charge in [0, 0.05) is 0 Å². The normalized spacial score (nSPS) is 11.0. The number of thioether (sulfide) groups is 1. The van der Waals surface area contributed by atoms with Crippen molar-refractivity contribution in [3.05, 3.63) is 48.0 Å². The Kier molecular flexibility index (Phi) is 5.06. The van der Waals surface area contributed by atoms with Gasteiger partial charge >= 0.3 is 0 Å². The molecule has 0 fully saturated rings. The quantitative estimate of drug-likeness (QED) is 0.466. The Hall–Kier alpha value is -2.49. The second kappa shape index (κ2) is 7.63. The molecule has 2 N–H and O–H groups in total. The summed E-state index contributed by atoms with van der Waals surface area (Å²) in [5.74, 6) is 0.231. The maximum Gasteiger partial charge on any atom is 0.236 e. The second-order valence-electron chi connectivity index (χ2n) is 5.67. The van der Waals surface area contributed by atoms with E-state index in [9.17, 15) is 9.90 Å². The highest BCUT2D eigenvalue weighted by Gasteiger charge is 2.13. The summed E-state index contributed by atoms with van der Waals surface area (Å²) in [6.07, 6.45) is 0. The summed E-state index contributed by atoms with van der Waals surface area (Å²) in [4.78, 5) is 16.7. The number of aromatic nitrogens is 3. The van der Waals surface area contributed by atoms with E-state index in [0.717, 1.165) is 15.8 Å². The van der Waals surface area contributed by atoms with Crippen LogP contribution in [0.5, 0.6) is 5.75 Å². The SMILES string of the molecule is Cc1cccc2sc(NC(=O)CSc3nnc(-c4ccccc4O)s3)nc12. The van der Waals surface area contributed by atoms with Crippen molar-refractivity contribution in [2.75, 3.05) is 11.1 Å². The Morgan fingerprint density at radius 1 is 1.15 bits per heavy atom. The number of para-hydroxylation sites is 2. The number of phenols is 1. The summed E-state index contributed by atoms with van der Waals surface area (Å²) in [6, 6.07) is 12.9. The summed E-state index contributed by atoms with van der Waals surface area (Å²) in [7, 11) is 0. The standard InChI is InChI=1S/C18H14N4O2S3/c1-10-5-4-8-13-15(10)20-17(26-13)19-14(24)9-25-18-22-21-16(27-18)11-6-2-3-7-12(11)23/h2-8,23H,9H2,1H3,(H,19,20,24). The summed E-state index contributed by atoms with van der Waals surface area (Å²) in [5, 5.41) is 22.1. The summed E-state index contributed by atoms with van der Waals surface area (Å²) in [6.45, 7) is 2.00. The van der Waals surface area contributed by atoms with Crippen LogP contribution in [0.4, 0.5) is 5.13 Å². The van der Waals surface area contributed by atoms with Crippen LogP contribution in [0, 0.1) is 6.92 Å². The van der Waals surface area contributed by atoms with E-state index in [1.54, 1.807) is 18.2 Å². The molecule has 4 aromatic rings. The van der Waals surface area contributed by atoms with E-state index >= 15 is 0 Å². The first kappa shape index (κ1) is 17.9. The predicted octanol–water partition coefficient (Wildman–Crippen LogP) is 4.56. The predicted molar refractivity (Wildman–Crippen MR) is 111 cm³/mol. The van der Waals surface area contributed by atoms with Crippen LogP contribution >= 0.6 is 34.4 Å². The number of aryl methyl sites for hydroxylation is 1. The van der Waals surface area contributed by atoms with E-state index in [0.29, 0.717) is 20.0 Å². The van der Waals surface area contributed by atoms with Crippen molar-refractivity contribution >= 4 is 55.7 Å². The zero-order chi connectivity index (χ0) is 18.8. The molecule has 0 atom stereocenters. The zero-order valence-electron chi connectivity index (χ0n) is 14.2. The summed E-state index contributed by atoms with van der Waals surface area (Å²) in [5.41, 5.74) is 2.64. The lowest BCUT2D eigenvalue weighted by molar-refractivity contribution is -0.113. The average molecular weight is 415 g/mol. The van der Waals surface area contributed by atoms with E-state index in [4.69, 9.17) is 0 Å². The number of nitrogens with one attached hydrogen (secondary N) is 1. The number of carbonyl (C=O) groups excluding carboxylic acids is 1. The number of nitrogens with zero attached hydrogens (tertiary/aromatic N) is 3. The van der Waals surface area contributed by atoms with Crippen molar-refractivity contribution in [3.8, 4) is 16.3 Å². The third-order valence-electron chi connectivity index (χ3n) is 3.73. The highest BCUT2D eigenvalue weighted by molar-refractivity contribution is 8.01. The van der Waals surface area contributed by atoms with Crippen molar-refractivity contribution in [2.45, 2.75) is 11.3 Å². The van der Waals surface area contributed by atoms with Crippen LogP contribution < -0.4 is 5.32 Å². The molecule has 0 saturated heterocycles. The Balaban J connectivity index is 1.39. The van der Waals surface area contributed by atoms with E-state index < -0.39 is 0 Å². The number of amides is 1. The summed E-state index contributed by atoms with van der Waals surface area (Å²) < 4.78 is 1.72. The largest absolute Gasteiger partial charge is 0.507 e. The number of thiazole rings is 1. The van der Waals surface area contributed by atoms with Crippen molar-refractivity contribution in [2.24, 2.45) is 0 Å². The van der Waals surface area contributed by atoms with Crippen molar-refractivity contribution in [1.82, 2.24) is 15.2 Å². The number of hydrogen-bond donors (Lipinski definition) is 2. The highest BCUT2D eigenvalue weighted by atomic mass is 32.2. The average Bonchev–Trinajstić information content (AvgIpc) is 3.28. The fourth-order valence-corrected chi connectivity index (χ4v) is 5.10. The molecule has 9 heteroatoms. The molecule has 1 amide bonds. The number of benzene rings is 2. The molecule has 27 heavy (non-hydrogen) atoms. The molecule has 0 bridgehead atoms. The summed E-state index contributed by atoms with van der Waals surface area (Å²) >= 11 is 4.11. The maximum atomic E-state index is 12.2. The zero-order valence-corrected chi connectivity index (χ0v) is 16.6. The number of fused-ring (bicyclic) bond motifs is 1. The van der Waals surface area contributed by atoms with Crippen LogP contribution in [-0.4, -0.2) is 31.9 Å². The van der Waals surface area contributed by atoms with Crippen LogP contribution in [0.3, 0.4) is 0 Å². The Bertz CT molecular complexity index is 1120. The third-order valence-corrected chi connectivity index (χ3v) is 6.76. The minimum absolute atomic E-state index is 0.143. The number of rotatable bonds is 5. The molecule has 2 heterocycles. The van der Waals surface area contributed by atoms with E-state index in [2.05, 4.69) is 20.5 Å². The van der Waals surface area contributed by atoms with Gasteiger partial charge in [-0.3, -0.25) is 4.79 Å². The van der Waals surface area contributed by atoms with E-state index in [1.165, 1.54) is 34.4 Å². The van der Waals surface area contributed by atoms with Gasteiger partial charge in [-0.1, -0.05) is 58.7 Å². The molecule has 0 aliphatic carbocycles. The number of anilines is 1. The minimum atomic E-state index is -0.143. The molecule has 0 saturated carbocycles. The molecule has 0 unspecified atom stereocenters. The second-order valence-corrected chi connectivity index (χ2v) is 8.90. The Morgan fingerprint density at radius 3 is 2.81 bits per heavy atom. The number of carbonyl (C=O) groups is 1. The first-order valence-corrected chi connectivity index (χ1v) is 10.6.